The number of nitrogens with one attached hydrogen (secondary N) is 1. The molecule has 0 radical (unpaired) electrons. The normalized spacial score (nSPS) is 11.2. The van der Waals surface area contributed by atoms with Crippen LogP contribution in [0.15, 0.2) is 78.9 Å². The van der Waals surface area contributed by atoms with Crippen molar-refractivity contribution >= 4 is 16.9 Å². The van der Waals surface area contributed by atoms with Gasteiger partial charge < -0.3 is 9.88 Å². The van der Waals surface area contributed by atoms with Gasteiger partial charge in [0.05, 0.1) is 11.0 Å². The number of fused-ring (bicyclic) bond motifs is 1. The van der Waals surface area contributed by atoms with Gasteiger partial charge in [-0.3, -0.25) is 4.79 Å². The zero-order chi connectivity index (χ0) is 20.9. The van der Waals surface area contributed by atoms with Crippen molar-refractivity contribution in [2.75, 3.05) is 6.54 Å². The summed E-state index contributed by atoms with van der Waals surface area (Å²) in [7, 11) is 0. The molecule has 3 aromatic carbocycles. The summed E-state index contributed by atoms with van der Waals surface area (Å²) in [6, 6.07) is 24.6. The topological polar surface area (TPSA) is 49.0 Å². The average Bonchev–Trinajstić information content (AvgIpc) is 3.21. The number of aromatic amines is 1. The molecule has 1 amide bonds. The second-order valence-corrected chi connectivity index (χ2v) is 7.10. The molecule has 6 heteroatoms. The maximum absolute atomic E-state index is 13.3. The molecule has 0 aliphatic carbocycles. The van der Waals surface area contributed by atoms with E-state index < -0.39 is 6.43 Å². The number of carbonyl (C=O) groups excluding carboxylic acids is 1. The van der Waals surface area contributed by atoms with Gasteiger partial charge in [0.25, 0.3) is 12.3 Å². The number of aromatic nitrogens is 2. The van der Waals surface area contributed by atoms with Crippen molar-refractivity contribution in [3.05, 3.63) is 101 Å². The molecule has 0 saturated carbocycles. The molecule has 152 valence electrons. The van der Waals surface area contributed by atoms with Crippen molar-refractivity contribution in [2.24, 2.45) is 0 Å². The molecule has 0 unspecified atom stereocenters. The van der Waals surface area contributed by atoms with Crippen LogP contribution in [0.5, 0.6) is 0 Å². The van der Waals surface area contributed by atoms with Crippen molar-refractivity contribution in [3.63, 3.8) is 0 Å². The van der Waals surface area contributed by atoms with Crippen molar-refractivity contribution in [1.29, 1.82) is 0 Å². The SMILES string of the molecule is O=C(c1ccc2nc(C(F)F)[nH]c2c1)N(CCc1ccccc1)Cc1ccccc1. The third-order valence-corrected chi connectivity index (χ3v) is 4.97. The molecule has 1 aromatic heterocycles. The number of carbonyl (C=O) groups is 1. The van der Waals surface area contributed by atoms with Crippen molar-refractivity contribution in [3.8, 4) is 0 Å². The van der Waals surface area contributed by atoms with E-state index in [1.165, 1.54) is 0 Å². The van der Waals surface area contributed by atoms with Crippen LogP contribution >= 0.6 is 0 Å². The highest BCUT2D eigenvalue weighted by atomic mass is 19.3. The first kappa shape index (κ1) is 19.8. The number of benzene rings is 3. The van der Waals surface area contributed by atoms with Gasteiger partial charge >= 0.3 is 0 Å². The van der Waals surface area contributed by atoms with Crippen molar-refractivity contribution in [2.45, 2.75) is 19.4 Å². The van der Waals surface area contributed by atoms with E-state index in [0.29, 0.717) is 29.7 Å². The molecule has 30 heavy (non-hydrogen) atoms. The highest BCUT2D eigenvalue weighted by molar-refractivity contribution is 5.97. The molecule has 0 bridgehead atoms. The van der Waals surface area contributed by atoms with Crippen LogP contribution < -0.4 is 0 Å². The maximum Gasteiger partial charge on any atom is 0.295 e. The Kier molecular flexibility index (Phi) is 5.84. The summed E-state index contributed by atoms with van der Waals surface area (Å²) >= 11 is 0. The van der Waals surface area contributed by atoms with Crippen molar-refractivity contribution < 1.29 is 13.6 Å². The van der Waals surface area contributed by atoms with Crippen LogP contribution in [0.4, 0.5) is 8.78 Å². The fourth-order valence-corrected chi connectivity index (χ4v) is 3.41. The Bertz CT molecular complexity index is 1130. The zero-order valence-corrected chi connectivity index (χ0v) is 16.3. The Hall–Kier alpha value is -3.54. The first-order valence-corrected chi connectivity index (χ1v) is 9.75. The molecular formula is C24H21F2N3O. The van der Waals surface area contributed by atoms with Gasteiger partial charge in [0.1, 0.15) is 0 Å². The second kappa shape index (κ2) is 8.86. The molecule has 0 saturated heterocycles. The summed E-state index contributed by atoms with van der Waals surface area (Å²) in [5.41, 5.74) is 3.46. The molecule has 0 spiro atoms. The molecule has 0 fully saturated rings. The lowest BCUT2D eigenvalue weighted by Crippen LogP contribution is -2.32. The number of nitrogens with zero attached hydrogens (tertiary/aromatic N) is 2. The van der Waals surface area contributed by atoms with Crippen LogP contribution in [0.1, 0.15) is 33.7 Å². The lowest BCUT2D eigenvalue weighted by molar-refractivity contribution is 0.0745. The molecule has 4 nitrogen and oxygen atoms in total. The van der Waals surface area contributed by atoms with Gasteiger partial charge in [0.2, 0.25) is 0 Å². The van der Waals surface area contributed by atoms with E-state index in [9.17, 15) is 13.6 Å². The lowest BCUT2D eigenvalue weighted by atomic mass is 10.1. The predicted octanol–water partition coefficient (Wildman–Crippen LogP) is 5.39. The van der Waals surface area contributed by atoms with Gasteiger partial charge in [0.15, 0.2) is 5.82 Å². The zero-order valence-electron chi connectivity index (χ0n) is 16.3. The first-order valence-electron chi connectivity index (χ1n) is 9.75. The highest BCUT2D eigenvalue weighted by Crippen LogP contribution is 2.22. The van der Waals surface area contributed by atoms with Crippen LogP contribution in [-0.4, -0.2) is 27.3 Å². The fraction of sp³-hybridized carbons (Fsp3) is 0.167. The Morgan fingerprint density at radius 1 is 0.933 bits per heavy atom. The number of amides is 1. The maximum atomic E-state index is 13.3. The van der Waals surface area contributed by atoms with Crippen LogP contribution in [0, 0.1) is 0 Å². The Morgan fingerprint density at radius 2 is 1.60 bits per heavy atom. The molecule has 4 aromatic rings. The van der Waals surface area contributed by atoms with Gasteiger partial charge in [-0.05, 0) is 35.7 Å². The molecule has 4 rings (SSSR count). The molecule has 0 atom stereocenters. The minimum absolute atomic E-state index is 0.148. The standard InChI is InChI=1S/C24H21F2N3O/c25-22(26)23-27-20-12-11-19(15-21(20)28-23)24(30)29(16-18-9-5-2-6-10-18)14-13-17-7-3-1-4-8-17/h1-12,15,22H,13-14,16H2,(H,27,28). The second-order valence-electron chi connectivity index (χ2n) is 7.10. The largest absolute Gasteiger partial charge is 0.337 e. The number of imidazole rings is 1. The number of rotatable bonds is 7. The van der Waals surface area contributed by atoms with Crippen LogP contribution in [0.2, 0.25) is 0 Å². The molecule has 0 aliphatic heterocycles. The van der Waals surface area contributed by atoms with Gasteiger partial charge in [-0.2, -0.15) is 0 Å². The Labute approximate surface area is 173 Å². The monoisotopic (exact) mass is 405 g/mol. The third-order valence-electron chi connectivity index (χ3n) is 4.97. The summed E-state index contributed by atoms with van der Waals surface area (Å²) in [5.74, 6) is -0.537. The number of H-pyrrole nitrogens is 1. The highest BCUT2D eigenvalue weighted by Gasteiger charge is 2.19. The summed E-state index contributed by atoms with van der Waals surface area (Å²) in [6.45, 7) is 1.01. The van der Waals surface area contributed by atoms with Gasteiger partial charge in [-0.25, -0.2) is 13.8 Å². The predicted molar refractivity (Wildman–Crippen MR) is 112 cm³/mol. The Balaban J connectivity index is 1.59. The van der Waals surface area contributed by atoms with E-state index in [4.69, 9.17) is 0 Å². The number of hydrogen-bond donors (Lipinski definition) is 1. The molecule has 1 N–H and O–H groups in total. The minimum atomic E-state index is -2.68. The van der Waals surface area contributed by atoms with Gasteiger partial charge in [-0.15, -0.1) is 0 Å². The van der Waals surface area contributed by atoms with Crippen LogP contribution in [0.25, 0.3) is 11.0 Å². The van der Waals surface area contributed by atoms with E-state index in [1.807, 2.05) is 60.7 Å². The summed E-state index contributed by atoms with van der Waals surface area (Å²) in [5, 5.41) is 0. The van der Waals surface area contributed by atoms with Gasteiger partial charge in [0, 0.05) is 18.7 Å². The van der Waals surface area contributed by atoms with E-state index in [0.717, 1.165) is 17.5 Å². The minimum Gasteiger partial charge on any atom is -0.337 e. The van der Waals surface area contributed by atoms with E-state index in [1.54, 1.807) is 23.1 Å². The Morgan fingerprint density at radius 3 is 2.27 bits per heavy atom. The van der Waals surface area contributed by atoms with Gasteiger partial charge in [-0.1, -0.05) is 60.7 Å². The average molecular weight is 405 g/mol. The quantitative estimate of drug-likeness (QED) is 0.448. The number of alkyl halides is 2. The van der Waals surface area contributed by atoms with E-state index in [-0.39, 0.29) is 11.7 Å². The summed E-state index contributed by atoms with van der Waals surface area (Å²) in [4.78, 5) is 21.6. The fourth-order valence-electron chi connectivity index (χ4n) is 3.41. The van der Waals surface area contributed by atoms with Crippen LogP contribution in [0.3, 0.4) is 0 Å². The molecular weight excluding hydrogens is 384 g/mol. The van der Waals surface area contributed by atoms with E-state index >= 15 is 0 Å². The summed E-state index contributed by atoms with van der Waals surface area (Å²) < 4.78 is 25.9. The van der Waals surface area contributed by atoms with E-state index in [2.05, 4.69) is 9.97 Å². The molecule has 0 aliphatic rings. The molecule has 1 heterocycles. The third kappa shape index (κ3) is 4.54. The number of halogens is 2. The van der Waals surface area contributed by atoms with Crippen LogP contribution in [-0.2, 0) is 13.0 Å². The first-order chi connectivity index (χ1) is 14.6. The number of hydrogen-bond acceptors (Lipinski definition) is 2. The lowest BCUT2D eigenvalue weighted by Gasteiger charge is -2.23. The summed E-state index contributed by atoms with van der Waals surface area (Å²) in [6.07, 6.45) is -1.96. The van der Waals surface area contributed by atoms with Crippen molar-refractivity contribution in [1.82, 2.24) is 14.9 Å². The smallest absolute Gasteiger partial charge is 0.295 e.